The fourth-order valence-corrected chi connectivity index (χ4v) is 3.92. The molecule has 1 saturated heterocycles. The van der Waals surface area contributed by atoms with Gasteiger partial charge in [-0.1, -0.05) is 17.3 Å². The van der Waals surface area contributed by atoms with Gasteiger partial charge in [0.25, 0.3) is 0 Å². The standard InChI is InChI=1S/C23H33N3O5/c1-17-11-22(31-24-17)15-25(2)13-18-5-4-6-21(12-18)30-16-20(27)14-26-9-7-19(8-10-26)23(28)29-3/h4-6,11-12,19-20,27H,7-10,13-16H2,1-3H3/t20-/m1/s1. The topological polar surface area (TPSA) is 88.3 Å². The minimum absolute atomic E-state index is 0.0245. The van der Waals surface area contributed by atoms with Crippen molar-refractivity contribution in [3.8, 4) is 5.75 Å². The third-order valence-corrected chi connectivity index (χ3v) is 5.49. The number of nitrogens with zero attached hydrogens (tertiary/aromatic N) is 3. The lowest BCUT2D eigenvalue weighted by atomic mass is 9.97. The number of piperidine rings is 1. The molecule has 0 saturated carbocycles. The molecule has 0 spiro atoms. The number of carbonyl (C=O) groups is 1. The Balaban J connectivity index is 1.40. The summed E-state index contributed by atoms with van der Waals surface area (Å²) >= 11 is 0. The minimum atomic E-state index is -0.587. The van der Waals surface area contributed by atoms with Crippen LogP contribution in [0, 0.1) is 12.8 Å². The number of aliphatic hydroxyl groups is 1. The first-order chi connectivity index (χ1) is 14.9. The van der Waals surface area contributed by atoms with Gasteiger partial charge < -0.3 is 24.0 Å². The summed E-state index contributed by atoms with van der Waals surface area (Å²) in [4.78, 5) is 15.9. The van der Waals surface area contributed by atoms with E-state index in [1.54, 1.807) is 0 Å². The van der Waals surface area contributed by atoms with Crippen molar-refractivity contribution in [2.45, 2.75) is 39.0 Å². The summed E-state index contributed by atoms with van der Waals surface area (Å²) in [6.07, 6.45) is 0.947. The maximum atomic E-state index is 11.6. The van der Waals surface area contributed by atoms with Crippen molar-refractivity contribution in [2.75, 3.05) is 40.4 Å². The lowest BCUT2D eigenvalue weighted by Gasteiger charge is -2.31. The van der Waals surface area contributed by atoms with E-state index >= 15 is 0 Å². The van der Waals surface area contributed by atoms with Gasteiger partial charge >= 0.3 is 5.97 Å². The molecule has 8 nitrogen and oxygen atoms in total. The van der Waals surface area contributed by atoms with E-state index in [4.69, 9.17) is 14.0 Å². The number of methoxy groups -OCH3 is 1. The second-order valence-electron chi connectivity index (χ2n) is 8.32. The van der Waals surface area contributed by atoms with Gasteiger partial charge in [0.1, 0.15) is 18.5 Å². The molecule has 0 amide bonds. The predicted molar refractivity (Wildman–Crippen MR) is 116 cm³/mol. The molecule has 2 aromatic rings. The van der Waals surface area contributed by atoms with Crippen LogP contribution in [0.4, 0.5) is 0 Å². The average Bonchev–Trinajstić information content (AvgIpc) is 3.16. The highest BCUT2D eigenvalue weighted by Gasteiger charge is 2.26. The Morgan fingerprint density at radius 3 is 2.77 bits per heavy atom. The van der Waals surface area contributed by atoms with Crippen molar-refractivity contribution in [2.24, 2.45) is 5.92 Å². The van der Waals surface area contributed by atoms with Crippen molar-refractivity contribution in [3.63, 3.8) is 0 Å². The Morgan fingerprint density at radius 1 is 1.32 bits per heavy atom. The molecule has 1 aromatic carbocycles. The number of hydrogen-bond donors (Lipinski definition) is 1. The van der Waals surface area contributed by atoms with Crippen molar-refractivity contribution < 1.29 is 23.9 Å². The molecule has 0 radical (unpaired) electrons. The Labute approximate surface area is 183 Å². The molecule has 31 heavy (non-hydrogen) atoms. The Bertz CT molecular complexity index is 832. The predicted octanol–water partition coefficient (Wildman–Crippen LogP) is 2.24. The van der Waals surface area contributed by atoms with Crippen LogP contribution in [0.15, 0.2) is 34.9 Å². The van der Waals surface area contributed by atoms with Crippen LogP contribution in [0.5, 0.6) is 5.75 Å². The molecule has 1 aliphatic heterocycles. The van der Waals surface area contributed by atoms with E-state index in [1.807, 2.05) is 38.2 Å². The third kappa shape index (κ3) is 7.34. The lowest BCUT2D eigenvalue weighted by Crippen LogP contribution is -2.42. The maximum Gasteiger partial charge on any atom is 0.308 e. The molecule has 0 bridgehead atoms. The number of esters is 1. The first-order valence-electron chi connectivity index (χ1n) is 10.7. The van der Waals surface area contributed by atoms with Crippen LogP contribution in [0.2, 0.25) is 0 Å². The molecule has 0 unspecified atom stereocenters. The second kappa shape index (κ2) is 11.3. The van der Waals surface area contributed by atoms with Crippen molar-refractivity contribution >= 4 is 5.97 Å². The zero-order valence-corrected chi connectivity index (χ0v) is 18.6. The fourth-order valence-electron chi connectivity index (χ4n) is 3.92. The van der Waals surface area contributed by atoms with Crippen LogP contribution in [-0.4, -0.2) is 72.5 Å². The van der Waals surface area contributed by atoms with Crippen LogP contribution in [0.1, 0.15) is 29.9 Å². The molecule has 3 rings (SSSR count). The number of β-amino-alcohol motifs (C(OH)–C–C–N with tert-alkyl or cyclic N) is 1. The molecule has 0 aliphatic carbocycles. The average molecular weight is 432 g/mol. The van der Waals surface area contributed by atoms with Crippen molar-refractivity contribution in [3.05, 3.63) is 47.3 Å². The molecule has 2 heterocycles. The third-order valence-electron chi connectivity index (χ3n) is 5.49. The van der Waals surface area contributed by atoms with Gasteiger partial charge in [-0.2, -0.15) is 0 Å². The van der Waals surface area contributed by atoms with Crippen LogP contribution in [0.25, 0.3) is 0 Å². The van der Waals surface area contributed by atoms with E-state index in [-0.39, 0.29) is 18.5 Å². The number of aliphatic hydroxyl groups excluding tert-OH is 1. The highest BCUT2D eigenvalue weighted by Crippen LogP contribution is 2.19. The minimum Gasteiger partial charge on any atom is -0.491 e. The van der Waals surface area contributed by atoms with Crippen LogP contribution >= 0.6 is 0 Å². The van der Waals surface area contributed by atoms with Gasteiger partial charge in [-0.3, -0.25) is 9.69 Å². The second-order valence-corrected chi connectivity index (χ2v) is 8.32. The number of ether oxygens (including phenoxy) is 2. The Kier molecular flexibility index (Phi) is 8.45. The van der Waals surface area contributed by atoms with E-state index in [9.17, 15) is 9.90 Å². The Hall–Kier alpha value is -2.42. The maximum absolute atomic E-state index is 11.6. The van der Waals surface area contributed by atoms with Gasteiger partial charge in [0.05, 0.1) is 25.3 Å². The number of rotatable bonds is 10. The van der Waals surface area contributed by atoms with E-state index in [1.165, 1.54) is 7.11 Å². The number of aryl methyl sites for hydroxylation is 1. The molecular formula is C23H33N3O5. The monoisotopic (exact) mass is 431 g/mol. The van der Waals surface area contributed by atoms with Gasteiger partial charge in [-0.15, -0.1) is 0 Å². The van der Waals surface area contributed by atoms with Crippen LogP contribution in [0.3, 0.4) is 0 Å². The number of aromatic nitrogens is 1. The summed E-state index contributed by atoms with van der Waals surface area (Å²) in [5, 5.41) is 14.3. The lowest BCUT2D eigenvalue weighted by molar-refractivity contribution is -0.147. The van der Waals surface area contributed by atoms with Gasteiger partial charge in [-0.25, -0.2) is 0 Å². The van der Waals surface area contributed by atoms with Crippen LogP contribution < -0.4 is 4.74 Å². The number of carbonyl (C=O) groups excluding carboxylic acids is 1. The van der Waals surface area contributed by atoms with E-state index in [2.05, 4.69) is 21.0 Å². The fraction of sp³-hybridized carbons (Fsp3) is 0.565. The highest BCUT2D eigenvalue weighted by molar-refractivity contribution is 5.72. The SMILES string of the molecule is COC(=O)C1CCN(C[C@@H](O)COc2cccc(CN(C)Cc3cc(C)no3)c2)CC1. The van der Waals surface area contributed by atoms with E-state index in [0.29, 0.717) is 13.1 Å². The summed E-state index contributed by atoms with van der Waals surface area (Å²) in [6.45, 7) is 5.66. The van der Waals surface area contributed by atoms with Gasteiger partial charge in [0.2, 0.25) is 0 Å². The molecule has 8 heteroatoms. The number of likely N-dealkylation sites (tertiary alicyclic amines) is 1. The molecule has 1 N–H and O–H groups in total. The van der Waals surface area contributed by atoms with Gasteiger partial charge in [0.15, 0.2) is 5.76 Å². The first-order valence-corrected chi connectivity index (χ1v) is 10.7. The summed E-state index contributed by atoms with van der Waals surface area (Å²) < 4.78 is 15.9. The quantitative estimate of drug-likeness (QED) is 0.573. The number of benzene rings is 1. The Morgan fingerprint density at radius 2 is 2.10 bits per heavy atom. The molecule has 1 aromatic heterocycles. The van der Waals surface area contributed by atoms with Gasteiger partial charge in [0, 0.05) is 19.2 Å². The zero-order chi connectivity index (χ0) is 22.2. The summed E-state index contributed by atoms with van der Waals surface area (Å²) in [7, 11) is 3.46. The molecule has 1 aliphatic rings. The summed E-state index contributed by atoms with van der Waals surface area (Å²) in [5.41, 5.74) is 2.00. The summed E-state index contributed by atoms with van der Waals surface area (Å²) in [5.74, 6) is 1.42. The molecule has 1 fully saturated rings. The van der Waals surface area contributed by atoms with Gasteiger partial charge in [-0.05, 0) is 57.6 Å². The molecular weight excluding hydrogens is 398 g/mol. The molecule has 170 valence electrons. The number of hydrogen-bond acceptors (Lipinski definition) is 8. The summed E-state index contributed by atoms with van der Waals surface area (Å²) in [6, 6.07) is 9.85. The van der Waals surface area contributed by atoms with E-state index < -0.39 is 6.10 Å². The smallest absolute Gasteiger partial charge is 0.308 e. The largest absolute Gasteiger partial charge is 0.491 e. The first kappa shape index (κ1) is 23.2. The van der Waals surface area contributed by atoms with Crippen LogP contribution in [-0.2, 0) is 22.6 Å². The normalized spacial score (nSPS) is 16.4. The highest BCUT2D eigenvalue weighted by atomic mass is 16.5. The van der Waals surface area contributed by atoms with Crippen molar-refractivity contribution in [1.29, 1.82) is 0 Å². The molecule has 1 atom stereocenters. The van der Waals surface area contributed by atoms with E-state index in [0.717, 1.165) is 55.2 Å². The zero-order valence-electron chi connectivity index (χ0n) is 18.6. The van der Waals surface area contributed by atoms with Crippen molar-refractivity contribution in [1.82, 2.24) is 15.0 Å².